The fraction of sp³-hybridized carbons (Fsp3) is 0.417. The van der Waals surface area contributed by atoms with Crippen molar-refractivity contribution in [3.05, 3.63) is 23.3 Å². The molecule has 0 spiro atoms. The van der Waals surface area contributed by atoms with E-state index in [0.717, 1.165) is 18.4 Å². The summed E-state index contributed by atoms with van der Waals surface area (Å²) in [6.07, 6.45) is 2.68. The number of ether oxygens (including phenoxy) is 1. The zero-order chi connectivity index (χ0) is 11.8. The quantitative estimate of drug-likeness (QED) is 0.801. The lowest BCUT2D eigenvalue weighted by atomic mass is 10.0. The predicted molar refractivity (Wildman–Crippen MR) is 59.2 cm³/mol. The highest BCUT2D eigenvalue weighted by Crippen LogP contribution is 2.39. The number of nitriles is 1. The number of aromatic hydroxyl groups is 1. The minimum absolute atomic E-state index is 0.0510. The van der Waals surface area contributed by atoms with Gasteiger partial charge in [0.25, 0.3) is 0 Å². The molecule has 1 saturated carbocycles. The van der Waals surface area contributed by atoms with E-state index in [0.29, 0.717) is 12.2 Å². The van der Waals surface area contributed by atoms with Gasteiger partial charge in [0, 0.05) is 11.6 Å². The first kappa shape index (κ1) is 10.8. The Bertz CT molecular complexity index is 459. The first-order chi connectivity index (χ1) is 7.58. The number of nitrogens with zero attached hydrogens (tertiary/aromatic N) is 1. The molecule has 0 atom stereocenters. The van der Waals surface area contributed by atoms with Crippen LogP contribution in [0.15, 0.2) is 12.1 Å². The van der Waals surface area contributed by atoms with E-state index in [4.69, 9.17) is 15.7 Å². The molecule has 4 heteroatoms. The van der Waals surface area contributed by atoms with E-state index in [1.54, 1.807) is 13.2 Å². The summed E-state index contributed by atoms with van der Waals surface area (Å²) < 4.78 is 5.17. The molecule has 0 radical (unpaired) electrons. The number of phenolic OH excluding ortho intramolecular Hbond substituents is 1. The van der Waals surface area contributed by atoms with E-state index in [1.165, 1.54) is 6.07 Å². The molecule has 0 saturated heterocycles. The Morgan fingerprint density at radius 3 is 2.75 bits per heavy atom. The summed E-state index contributed by atoms with van der Waals surface area (Å²) in [5.74, 6) is 0.540. The number of hydrogen-bond donors (Lipinski definition) is 2. The van der Waals surface area contributed by atoms with Crippen LogP contribution in [0.25, 0.3) is 0 Å². The lowest BCUT2D eigenvalue weighted by Crippen LogP contribution is -2.24. The summed E-state index contributed by atoms with van der Waals surface area (Å²) in [5.41, 5.74) is 7.04. The van der Waals surface area contributed by atoms with Crippen LogP contribution in [0.2, 0.25) is 0 Å². The molecule has 1 aliphatic rings. The van der Waals surface area contributed by atoms with Crippen molar-refractivity contribution in [3.8, 4) is 17.6 Å². The highest BCUT2D eigenvalue weighted by Gasteiger charge is 2.38. The molecule has 0 amide bonds. The second kappa shape index (κ2) is 3.69. The molecule has 0 heterocycles. The monoisotopic (exact) mass is 218 g/mol. The largest absolute Gasteiger partial charge is 0.506 e. The second-order valence-electron chi connectivity index (χ2n) is 4.33. The van der Waals surface area contributed by atoms with Gasteiger partial charge in [0.15, 0.2) is 0 Å². The van der Waals surface area contributed by atoms with Gasteiger partial charge in [-0.2, -0.15) is 5.26 Å². The zero-order valence-electron chi connectivity index (χ0n) is 9.16. The fourth-order valence-corrected chi connectivity index (χ4v) is 1.75. The Labute approximate surface area is 94.3 Å². The molecule has 2 rings (SSSR count). The third-order valence-electron chi connectivity index (χ3n) is 2.95. The van der Waals surface area contributed by atoms with Gasteiger partial charge in [-0.05, 0) is 30.9 Å². The number of rotatable bonds is 3. The Morgan fingerprint density at radius 1 is 1.56 bits per heavy atom. The molecule has 0 aliphatic heterocycles. The number of benzene rings is 1. The molecule has 3 N–H and O–H groups in total. The third kappa shape index (κ3) is 1.95. The van der Waals surface area contributed by atoms with Crippen LogP contribution >= 0.6 is 0 Å². The number of hydrogen-bond acceptors (Lipinski definition) is 4. The van der Waals surface area contributed by atoms with Crippen LogP contribution in [-0.2, 0) is 6.42 Å². The van der Waals surface area contributed by atoms with Crippen molar-refractivity contribution < 1.29 is 9.84 Å². The summed E-state index contributed by atoms with van der Waals surface area (Å²) in [5, 5.41) is 18.4. The minimum atomic E-state index is -0.142. The predicted octanol–water partition coefficient (Wildman–Crippen LogP) is 1.31. The van der Waals surface area contributed by atoms with Gasteiger partial charge in [0.05, 0.1) is 12.7 Å². The van der Waals surface area contributed by atoms with Crippen molar-refractivity contribution in [2.45, 2.75) is 24.8 Å². The van der Waals surface area contributed by atoms with E-state index in [2.05, 4.69) is 0 Å². The minimum Gasteiger partial charge on any atom is -0.506 e. The van der Waals surface area contributed by atoms with Gasteiger partial charge in [0.1, 0.15) is 17.6 Å². The Kier molecular flexibility index (Phi) is 2.49. The average Bonchev–Trinajstić information content (AvgIpc) is 2.98. The molecule has 1 aromatic rings. The van der Waals surface area contributed by atoms with E-state index in [-0.39, 0.29) is 16.9 Å². The van der Waals surface area contributed by atoms with Crippen LogP contribution in [0.5, 0.6) is 11.5 Å². The molecule has 4 nitrogen and oxygen atoms in total. The van der Waals surface area contributed by atoms with Crippen LogP contribution in [0, 0.1) is 11.3 Å². The SMILES string of the molecule is COc1cc(O)c(C#N)cc1CC1(N)CC1. The van der Waals surface area contributed by atoms with Gasteiger partial charge >= 0.3 is 0 Å². The summed E-state index contributed by atoms with van der Waals surface area (Å²) in [6.45, 7) is 0. The van der Waals surface area contributed by atoms with E-state index in [9.17, 15) is 5.11 Å². The van der Waals surface area contributed by atoms with E-state index >= 15 is 0 Å². The summed E-state index contributed by atoms with van der Waals surface area (Å²) in [6, 6.07) is 5.07. The fourth-order valence-electron chi connectivity index (χ4n) is 1.75. The van der Waals surface area contributed by atoms with Crippen molar-refractivity contribution in [2.75, 3.05) is 7.11 Å². The Morgan fingerprint density at radius 2 is 2.25 bits per heavy atom. The van der Waals surface area contributed by atoms with E-state index in [1.807, 2.05) is 6.07 Å². The Balaban J connectivity index is 2.38. The number of methoxy groups -OCH3 is 1. The van der Waals surface area contributed by atoms with Gasteiger partial charge in [0.2, 0.25) is 0 Å². The smallest absolute Gasteiger partial charge is 0.137 e. The van der Waals surface area contributed by atoms with Gasteiger partial charge in [-0.3, -0.25) is 0 Å². The molecular weight excluding hydrogens is 204 g/mol. The summed E-state index contributed by atoms with van der Waals surface area (Å²) in [4.78, 5) is 0. The molecule has 1 aromatic carbocycles. The first-order valence-electron chi connectivity index (χ1n) is 5.17. The molecule has 0 aromatic heterocycles. The van der Waals surface area contributed by atoms with Crippen LogP contribution in [0.3, 0.4) is 0 Å². The average molecular weight is 218 g/mol. The molecule has 0 bridgehead atoms. The van der Waals surface area contributed by atoms with Crippen molar-refractivity contribution in [1.29, 1.82) is 5.26 Å². The van der Waals surface area contributed by atoms with E-state index < -0.39 is 0 Å². The standard InChI is InChI=1S/C12H14N2O2/c1-16-11-5-10(15)9(7-13)4-8(11)6-12(14)2-3-12/h4-5,15H,2-3,6,14H2,1H3. The number of phenols is 1. The maximum atomic E-state index is 9.53. The van der Waals surface area contributed by atoms with Crippen molar-refractivity contribution >= 4 is 0 Å². The lowest BCUT2D eigenvalue weighted by Gasteiger charge is -2.13. The number of nitrogens with two attached hydrogens (primary N) is 1. The van der Waals surface area contributed by atoms with Crippen LogP contribution < -0.4 is 10.5 Å². The van der Waals surface area contributed by atoms with Gasteiger partial charge in [-0.1, -0.05) is 0 Å². The van der Waals surface area contributed by atoms with Crippen LogP contribution in [0.1, 0.15) is 24.0 Å². The maximum absolute atomic E-state index is 9.53. The van der Waals surface area contributed by atoms with Gasteiger partial charge in [-0.15, -0.1) is 0 Å². The highest BCUT2D eigenvalue weighted by molar-refractivity contribution is 5.51. The Hall–Kier alpha value is -1.73. The summed E-state index contributed by atoms with van der Waals surface area (Å²) in [7, 11) is 1.54. The van der Waals surface area contributed by atoms with Crippen molar-refractivity contribution in [1.82, 2.24) is 0 Å². The zero-order valence-corrected chi connectivity index (χ0v) is 9.16. The first-order valence-corrected chi connectivity index (χ1v) is 5.17. The van der Waals surface area contributed by atoms with Crippen LogP contribution in [-0.4, -0.2) is 17.8 Å². The third-order valence-corrected chi connectivity index (χ3v) is 2.95. The molecular formula is C12H14N2O2. The van der Waals surface area contributed by atoms with Crippen molar-refractivity contribution in [3.63, 3.8) is 0 Å². The second-order valence-corrected chi connectivity index (χ2v) is 4.33. The van der Waals surface area contributed by atoms with Gasteiger partial charge < -0.3 is 15.6 Å². The molecule has 1 aliphatic carbocycles. The molecule has 1 fully saturated rings. The topological polar surface area (TPSA) is 79.3 Å². The maximum Gasteiger partial charge on any atom is 0.137 e. The normalized spacial score (nSPS) is 16.6. The molecule has 0 unspecified atom stereocenters. The summed E-state index contributed by atoms with van der Waals surface area (Å²) >= 11 is 0. The molecule has 84 valence electrons. The molecule has 16 heavy (non-hydrogen) atoms. The van der Waals surface area contributed by atoms with Crippen LogP contribution in [0.4, 0.5) is 0 Å². The van der Waals surface area contributed by atoms with Gasteiger partial charge in [-0.25, -0.2) is 0 Å². The highest BCUT2D eigenvalue weighted by atomic mass is 16.5. The van der Waals surface area contributed by atoms with Crippen molar-refractivity contribution in [2.24, 2.45) is 5.73 Å². The lowest BCUT2D eigenvalue weighted by molar-refractivity contribution is 0.400.